The average molecular weight is 560 g/mol. The number of nitrogens with one attached hydrogen (secondary N) is 2. The largest absolute Gasteiger partial charge is 0.379 e. The molecule has 0 bridgehead atoms. The van der Waals surface area contributed by atoms with Crippen LogP contribution in [0, 0.1) is 10.1 Å². The highest BCUT2D eigenvalue weighted by Gasteiger charge is 2.10. The van der Waals surface area contributed by atoms with E-state index in [1.165, 1.54) is 12.1 Å². The molecule has 2 N–H and O–H groups in total. The van der Waals surface area contributed by atoms with Gasteiger partial charge in [0.25, 0.3) is 5.69 Å². The van der Waals surface area contributed by atoms with Crippen LogP contribution in [0.1, 0.15) is 11.1 Å². The molecule has 2 aromatic rings. The molecule has 0 atom stereocenters. The van der Waals surface area contributed by atoms with Gasteiger partial charge in [-0.15, -0.1) is 24.0 Å². The first-order valence-corrected chi connectivity index (χ1v) is 10.3. The molecule has 1 aliphatic heterocycles. The molecular weight excluding hydrogens is 533 g/mol. The maximum Gasteiger partial charge on any atom is 0.269 e. The lowest BCUT2D eigenvalue weighted by Gasteiger charge is -2.26. The third-order valence-corrected chi connectivity index (χ3v) is 4.98. The number of ether oxygens (including phenoxy) is 1. The van der Waals surface area contributed by atoms with Crippen LogP contribution in [0.2, 0.25) is 5.02 Å². The van der Waals surface area contributed by atoms with Gasteiger partial charge in [-0.3, -0.25) is 15.0 Å². The van der Waals surface area contributed by atoms with E-state index in [2.05, 4.69) is 20.5 Å². The van der Waals surface area contributed by atoms with Gasteiger partial charge in [-0.05, 0) is 23.3 Å². The lowest BCUT2D eigenvalue weighted by Crippen LogP contribution is -2.44. The fourth-order valence-corrected chi connectivity index (χ4v) is 3.27. The molecule has 1 heterocycles. The number of halogens is 2. The summed E-state index contributed by atoms with van der Waals surface area (Å²) in [6, 6.07) is 14.1. The first kappa shape index (κ1) is 25.3. The zero-order valence-electron chi connectivity index (χ0n) is 17.1. The van der Waals surface area contributed by atoms with Crippen molar-refractivity contribution in [2.45, 2.75) is 13.1 Å². The van der Waals surface area contributed by atoms with E-state index in [1.807, 2.05) is 24.3 Å². The van der Waals surface area contributed by atoms with Crippen LogP contribution < -0.4 is 10.6 Å². The Morgan fingerprint density at radius 1 is 1.13 bits per heavy atom. The third kappa shape index (κ3) is 8.98. The van der Waals surface area contributed by atoms with Gasteiger partial charge < -0.3 is 15.4 Å². The van der Waals surface area contributed by atoms with Crippen molar-refractivity contribution in [1.82, 2.24) is 15.5 Å². The first-order chi connectivity index (χ1) is 14.6. The summed E-state index contributed by atoms with van der Waals surface area (Å²) in [5, 5.41) is 18.2. The van der Waals surface area contributed by atoms with Crippen LogP contribution in [0.15, 0.2) is 53.5 Å². The summed E-state index contributed by atoms with van der Waals surface area (Å²) in [7, 11) is 0. The minimum Gasteiger partial charge on any atom is -0.379 e. The van der Waals surface area contributed by atoms with Crippen molar-refractivity contribution in [3.63, 3.8) is 0 Å². The average Bonchev–Trinajstić information content (AvgIpc) is 2.76. The van der Waals surface area contributed by atoms with Crippen LogP contribution in [0.4, 0.5) is 5.69 Å². The lowest BCUT2D eigenvalue weighted by atomic mass is 10.2. The number of morpholine rings is 1. The molecule has 8 nitrogen and oxygen atoms in total. The molecule has 1 saturated heterocycles. The van der Waals surface area contributed by atoms with Gasteiger partial charge in [0, 0.05) is 49.9 Å². The van der Waals surface area contributed by atoms with E-state index in [1.54, 1.807) is 12.1 Å². The third-order valence-electron chi connectivity index (χ3n) is 4.74. The monoisotopic (exact) mass is 559 g/mol. The molecule has 168 valence electrons. The Labute approximate surface area is 204 Å². The van der Waals surface area contributed by atoms with E-state index in [0.717, 1.165) is 50.5 Å². The number of aliphatic imine (C=N–C) groups is 1. The van der Waals surface area contributed by atoms with Crippen molar-refractivity contribution in [3.8, 4) is 0 Å². The molecule has 0 spiro atoms. The highest BCUT2D eigenvalue weighted by atomic mass is 127. The molecule has 1 fully saturated rings. The number of hydrogen-bond acceptors (Lipinski definition) is 5. The quantitative estimate of drug-likeness (QED) is 0.169. The fourth-order valence-electron chi connectivity index (χ4n) is 3.06. The number of hydrogen-bond donors (Lipinski definition) is 2. The molecule has 0 amide bonds. The number of benzene rings is 2. The van der Waals surface area contributed by atoms with Gasteiger partial charge in [-0.1, -0.05) is 35.9 Å². The van der Waals surface area contributed by atoms with Crippen molar-refractivity contribution < 1.29 is 9.66 Å². The van der Waals surface area contributed by atoms with Crippen molar-refractivity contribution in [1.29, 1.82) is 0 Å². The zero-order chi connectivity index (χ0) is 21.2. The summed E-state index contributed by atoms with van der Waals surface area (Å²) in [6.45, 7) is 6.08. The Kier molecular flexibility index (Phi) is 11.0. The highest BCUT2D eigenvalue weighted by molar-refractivity contribution is 14.0. The number of nitro groups is 1. The standard InChI is InChI=1S/C21H26ClN5O3.HI/c22-19-3-1-2-18(14-19)16-25-21(23-8-9-26-10-12-30-13-11-26)24-15-17-4-6-20(7-5-17)27(28)29;/h1-7,14H,8-13,15-16H2,(H2,23,24,25);1H. The predicted molar refractivity (Wildman–Crippen MR) is 133 cm³/mol. The Bertz CT molecular complexity index is 860. The van der Waals surface area contributed by atoms with Gasteiger partial charge in [0.15, 0.2) is 5.96 Å². The normalized spacial score (nSPS) is 14.5. The van der Waals surface area contributed by atoms with E-state index in [4.69, 9.17) is 16.3 Å². The van der Waals surface area contributed by atoms with E-state index < -0.39 is 4.92 Å². The minimum atomic E-state index is -0.401. The predicted octanol–water partition coefficient (Wildman–Crippen LogP) is 3.43. The summed E-state index contributed by atoms with van der Waals surface area (Å²) in [5.74, 6) is 0.682. The van der Waals surface area contributed by atoms with E-state index in [0.29, 0.717) is 24.1 Å². The number of nitro benzene ring substituents is 1. The summed E-state index contributed by atoms with van der Waals surface area (Å²) >= 11 is 6.06. The maximum absolute atomic E-state index is 10.8. The smallest absolute Gasteiger partial charge is 0.269 e. The summed E-state index contributed by atoms with van der Waals surface area (Å²) in [4.78, 5) is 17.4. The van der Waals surface area contributed by atoms with Crippen molar-refractivity contribution in [2.24, 2.45) is 4.99 Å². The molecule has 2 aromatic carbocycles. The summed E-state index contributed by atoms with van der Waals surface area (Å²) < 4.78 is 5.38. The van der Waals surface area contributed by atoms with Crippen molar-refractivity contribution >= 4 is 47.2 Å². The maximum atomic E-state index is 10.8. The minimum absolute atomic E-state index is 0. The molecular formula is C21H27ClIN5O3. The van der Waals surface area contributed by atoms with Gasteiger partial charge in [0.2, 0.25) is 0 Å². The zero-order valence-corrected chi connectivity index (χ0v) is 20.2. The number of non-ortho nitro benzene ring substituents is 1. The van der Waals surface area contributed by atoms with E-state index in [9.17, 15) is 10.1 Å². The van der Waals surface area contributed by atoms with Crippen molar-refractivity contribution in [2.75, 3.05) is 39.4 Å². The topological polar surface area (TPSA) is 92.0 Å². The molecule has 0 saturated carbocycles. The molecule has 1 aliphatic rings. The number of nitrogens with zero attached hydrogens (tertiary/aromatic N) is 3. The van der Waals surface area contributed by atoms with Gasteiger partial charge in [0.05, 0.1) is 24.7 Å². The molecule has 0 aromatic heterocycles. The van der Waals surface area contributed by atoms with Crippen LogP contribution in [0.5, 0.6) is 0 Å². The second-order valence-corrected chi connectivity index (χ2v) is 7.39. The van der Waals surface area contributed by atoms with Crippen LogP contribution in [-0.4, -0.2) is 55.2 Å². The van der Waals surface area contributed by atoms with Crippen LogP contribution in [0.3, 0.4) is 0 Å². The lowest BCUT2D eigenvalue weighted by molar-refractivity contribution is -0.384. The van der Waals surface area contributed by atoms with Crippen LogP contribution >= 0.6 is 35.6 Å². The highest BCUT2D eigenvalue weighted by Crippen LogP contribution is 2.12. The van der Waals surface area contributed by atoms with Gasteiger partial charge in [0.1, 0.15) is 0 Å². The molecule has 31 heavy (non-hydrogen) atoms. The van der Waals surface area contributed by atoms with Gasteiger partial charge in [-0.2, -0.15) is 0 Å². The Morgan fingerprint density at radius 2 is 1.87 bits per heavy atom. The molecule has 0 unspecified atom stereocenters. The van der Waals surface area contributed by atoms with Gasteiger partial charge in [-0.25, -0.2) is 4.99 Å². The Balaban J connectivity index is 0.00000341. The SMILES string of the molecule is I.O=[N+]([O-])c1ccc(CNC(=NCc2cccc(Cl)c2)NCCN2CCOCC2)cc1. The Morgan fingerprint density at radius 3 is 2.55 bits per heavy atom. The number of rotatable bonds is 8. The Hall–Kier alpha value is -1.95. The first-order valence-electron chi connectivity index (χ1n) is 9.90. The van der Waals surface area contributed by atoms with E-state index >= 15 is 0 Å². The van der Waals surface area contributed by atoms with Gasteiger partial charge >= 0.3 is 0 Å². The second-order valence-electron chi connectivity index (χ2n) is 6.95. The molecule has 0 radical (unpaired) electrons. The molecule has 0 aliphatic carbocycles. The van der Waals surface area contributed by atoms with Crippen molar-refractivity contribution in [3.05, 3.63) is 74.8 Å². The van der Waals surface area contributed by atoms with Crippen LogP contribution in [-0.2, 0) is 17.8 Å². The second kappa shape index (κ2) is 13.5. The summed E-state index contributed by atoms with van der Waals surface area (Å²) in [6.07, 6.45) is 0. The van der Waals surface area contributed by atoms with Crippen LogP contribution in [0.25, 0.3) is 0 Å². The number of guanidine groups is 1. The van der Waals surface area contributed by atoms with E-state index in [-0.39, 0.29) is 29.7 Å². The fraction of sp³-hybridized carbons (Fsp3) is 0.381. The molecule has 3 rings (SSSR count). The molecule has 10 heteroatoms. The summed E-state index contributed by atoms with van der Waals surface area (Å²) in [5.41, 5.74) is 2.04.